The Morgan fingerprint density at radius 2 is 1.93 bits per heavy atom. The Bertz CT molecular complexity index is 842. The molecular weight excluding hydrogens is 394 g/mol. The van der Waals surface area contributed by atoms with E-state index in [1.165, 1.54) is 11.8 Å². The normalized spacial score (nSPS) is 18.3. The van der Waals surface area contributed by atoms with Crippen LogP contribution in [0.3, 0.4) is 0 Å². The highest BCUT2D eigenvalue weighted by molar-refractivity contribution is 8.02. The van der Waals surface area contributed by atoms with Gasteiger partial charge in [-0.15, -0.1) is 11.8 Å². The van der Waals surface area contributed by atoms with Crippen LogP contribution < -0.4 is 0 Å². The van der Waals surface area contributed by atoms with Crippen molar-refractivity contribution in [1.29, 1.82) is 0 Å². The molecule has 1 N–H and O–H groups in total. The van der Waals surface area contributed by atoms with Crippen LogP contribution in [0.5, 0.6) is 0 Å². The van der Waals surface area contributed by atoms with Gasteiger partial charge < -0.3 is 14.5 Å². The molecule has 1 aliphatic heterocycles. The molecule has 8 nitrogen and oxygen atoms in total. The van der Waals surface area contributed by atoms with Gasteiger partial charge in [0.2, 0.25) is 5.78 Å². The zero-order valence-corrected chi connectivity index (χ0v) is 17.1. The number of nitrogens with one attached hydrogen (secondary N) is 1. The second-order valence-electron chi connectivity index (χ2n) is 6.27. The fraction of sp³-hybridized carbons (Fsp3) is 0.588. The van der Waals surface area contributed by atoms with Crippen LogP contribution in [0.15, 0.2) is 0 Å². The van der Waals surface area contributed by atoms with Gasteiger partial charge in [0.15, 0.2) is 16.4 Å². The van der Waals surface area contributed by atoms with E-state index in [2.05, 4.69) is 4.98 Å². The minimum absolute atomic E-state index is 0.00964. The van der Waals surface area contributed by atoms with Crippen LogP contribution in [0, 0.1) is 13.8 Å². The van der Waals surface area contributed by atoms with Crippen molar-refractivity contribution in [2.75, 3.05) is 30.5 Å². The lowest BCUT2D eigenvalue weighted by atomic mass is 10.1. The summed E-state index contributed by atoms with van der Waals surface area (Å²) < 4.78 is 32.8. The summed E-state index contributed by atoms with van der Waals surface area (Å²) in [6.45, 7) is 4.75. The minimum atomic E-state index is -2.99. The molecule has 0 amide bonds. The van der Waals surface area contributed by atoms with Crippen LogP contribution >= 0.6 is 11.8 Å². The lowest BCUT2D eigenvalue weighted by molar-refractivity contribution is -0.139. The number of aromatic nitrogens is 1. The Labute approximate surface area is 162 Å². The maximum absolute atomic E-state index is 12.3. The summed E-state index contributed by atoms with van der Waals surface area (Å²) >= 11 is 1.23. The van der Waals surface area contributed by atoms with Crippen molar-refractivity contribution in [1.82, 2.24) is 4.98 Å². The first kappa shape index (κ1) is 21.5. The number of sulfone groups is 1. The number of hydrogen-bond acceptors (Lipinski definition) is 8. The molecule has 0 aliphatic carbocycles. The van der Waals surface area contributed by atoms with Crippen LogP contribution in [0.2, 0.25) is 0 Å². The van der Waals surface area contributed by atoms with Gasteiger partial charge in [0.05, 0.1) is 35.1 Å². The van der Waals surface area contributed by atoms with E-state index in [-0.39, 0.29) is 34.8 Å². The highest BCUT2D eigenvalue weighted by Crippen LogP contribution is 2.24. The largest absolute Gasteiger partial charge is 0.462 e. The molecule has 2 rings (SSSR count). The average molecular weight is 418 g/mol. The number of thioether (sulfide) groups is 1. The predicted molar refractivity (Wildman–Crippen MR) is 101 cm³/mol. The van der Waals surface area contributed by atoms with Crippen molar-refractivity contribution in [3.05, 3.63) is 22.5 Å². The molecule has 0 spiro atoms. The van der Waals surface area contributed by atoms with Gasteiger partial charge in [0.25, 0.3) is 0 Å². The number of hydrogen-bond donors (Lipinski definition) is 1. The van der Waals surface area contributed by atoms with Crippen LogP contribution in [-0.2, 0) is 24.1 Å². The zero-order chi connectivity index (χ0) is 20.2. The highest BCUT2D eigenvalue weighted by Gasteiger charge is 2.29. The number of ketones is 1. The average Bonchev–Trinajstić information content (AvgIpc) is 3.09. The number of Topliss-reactive ketones (excluding diaryl/α,β-unsaturated/α-hetero) is 1. The van der Waals surface area contributed by atoms with Crippen molar-refractivity contribution in [3.63, 3.8) is 0 Å². The van der Waals surface area contributed by atoms with E-state index >= 15 is 0 Å². The topological polar surface area (TPSA) is 120 Å². The van der Waals surface area contributed by atoms with Gasteiger partial charge in [-0.1, -0.05) is 0 Å². The molecule has 10 heteroatoms. The maximum atomic E-state index is 12.3. The third-order valence-corrected chi connectivity index (χ3v) is 7.44. The molecule has 1 saturated heterocycles. The van der Waals surface area contributed by atoms with Gasteiger partial charge in [-0.25, -0.2) is 13.2 Å². The molecule has 0 radical (unpaired) electrons. The SMILES string of the molecule is CCOC(=O)c1c(C)[nH]c(C(=O)COC(=O)CS[C@@H]2CCS(=O)(=O)C2)c1C. The van der Waals surface area contributed by atoms with Crippen molar-refractivity contribution in [2.24, 2.45) is 0 Å². The predicted octanol–water partition coefficient (Wildman–Crippen LogP) is 1.45. The van der Waals surface area contributed by atoms with E-state index in [0.29, 0.717) is 23.2 Å². The standard InChI is InChI=1S/C17H23NO7S2/c1-4-24-17(21)15-10(2)16(18-11(15)3)13(19)7-25-14(20)8-26-12-5-6-27(22,23)9-12/h12,18H,4-9H2,1-3H3/t12-/m1/s1. The van der Waals surface area contributed by atoms with Crippen molar-refractivity contribution in [2.45, 2.75) is 32.4 Å². The number of rotatable bonds is 8. The second kappa shape index (κ2) is 8.92. The third kappa shape index (κ3) is 5.58. The Morgan fingerprint density at radius 3 is 2.52 bits per heavy atom. The quantitative estimate of drug-likeness (QED) is 0.499. The Kier molecular flexibility index (Phi) is 7.10. The molecule has 150 valence electrons. The molecule has 1 aliphatic rings. The highest BCUT2D eigenvalue weighted by atomic mass is 32.2. The van der Waals surface area contributed by atoms with E-state index in [0.717, 1.165) is 0 Å². The van der Waals surface area contributed by atoms with Gasteiger partial charge in [-0.3, -0.25) is 9.59 Å². The number of esters is 2. The molecule has 1 fully saturated rings. The van der Waals surface area contributed by atoms with Gasteiger partial charge in [0, 0.05) is 10.9 Å². The fourth-order valence-corrected chi connectivity index (χ4v) is 6.32. The van der Waals surface area contributed by atoms with Gasteiger partial charge in [0.1, 0.15) is 0 Å². The van der Waals surface area contributed by atoms with Gasteiger partial charge >= 0.3 is 11.9 Å². The number of H-pyrrole nitrogens is 1. The first-order valence-corrected chi connectivity index (χ1v) is 11.4. The number of aromatic amines is 1. The van der Waals surface area contributed by atoms with E-state index in [9.17, 15) is 22.8 Å². The molecule has 1 aromatic heterocycles. The summed E-state index contributed by atoms with van der Waals surface area (Å²) in [5.41, 5.74) is 1.48. The summed E-state index contributed by atoms with van der Waals surface area (Å²) in [6.07, 6.45) is 0.525. The number of carbonyl (C=O) groups is 3. The summed E-state index contributed by atoms with van der Waals surface area (Å²) in [4.78, 5) is 38.9. The molecule has 0 aromatic carbocycles. The summed E-state index contributed by atoms with van der Waals surface area (Å²) in [6, 6.07) is 0. The van der Waals surface area contributed by atoms with E-state index in [1.54, 1.807) is 20.8 Å². The smallest absolute Gasteiger partial charge is 0.340 e. The number of ether oxygens (including phenoxy) is 2. The van der Waals surface area contributed by atoms with Crippen LogP contribution in [-0.4, -0.2) is 66.8 Å². The molecule has 0 saturated carbocycles. The number of aryl methyl sites for hydroxylation is 1. The Morgan fingerprint density at radius 1 is 1.22 bits per heavy atom. The first-order chi connectivity index (χ1) is 12.6. The van der Waals surface area contributed by atoms with E-state index in [4.69, 9.17) is 9.47 Å². The van der Waals surface area contributed by atoms with Crippen LogP contribution in [0.4, 0.5) is 0 Å². The lowest BCUT2D eigenvalue weighted by Gasteiger charge is -2.07. The molecular formula is C17H23NO7S2. The molecule has 27 heavy (non-hydrogen) atoms. The van der Waals surface area contributed by atoms with Gasteiger partial charge in [-0.05, 0) is 32.8 Å². The van der Waals surface area contributed by atoms with E-state index < -0.39 is 34.2 Å². The van der Waals surface area contributed by atoms with Crippen molar-refractivity contribution < 1.29 is 32.3 Å². The molecule has 0 unspecified atom stereocenters. The first-order valence-electron chi connectivity index (χ1n) is 8.51. The number of carbonyl (C=O) groups excluding carboxylic acids is 3. The van der Waals surface area contributed by atoms with Crippen LogP contribution in [0.25, 0.3) is 0 Å². The van der Waals surface area contributed by atoms with E-state index in [1.807, 2.05) is 0 Å². The van der Waals surface area contributed by atoms with Crippen molar-refractivity contribution >= 4 is 39.3 Å². The summed E-state index contributed by atoms with van der Waals surface area (Å²) in [5.74, 6) is -1.34. The fourth-order valence-electron chi connectivity index (χ4n) is 2.88. The Balaban J connectivity index is 1.87. The molecule has 1 atom stereocenters. The maximum Gasteiger partial charge on any atom is 0.340 e. The second-order valence-corrected chi connectivity index (χ2v) is 9.78. The zero-order valence-electron chi connectivity index (χ0n) is 15.5. The third-order valence-electron chi connectivity index (χ3n) is 4.19. The molecule has 2 heterocycles. The summed E-state index contributed by atoms with van der Waals surface area (Å²) in [7, 11) is -2.99. The molecule has 0 bridgehead atoms. The lowest BCUT2D eigenvalue weighted by Crippen LogP contribution is -2.18. The van der Waals surface area contributed by atoms with Gasteiger partial charge in [-0.2, -0.15) is 0 Å². The molecule has 1 aromatic rings. The van der Waals surface area contributed by atoms with Crippen LogP contribution in [0.1, 0.15) is 45.4 Å². The minimum Gasteiger partial charge on any atom is -0.462 e. The van der Waals surface area contributed by atoms with Crippen molar-refractivity contribution in [3.8, 4) is 0 Å². The summed E-state index contributed by atoms with van der Waals surface area (Å²) in [5, 5.41) is -0.112. The monoisotopic (exact) mass is 417 g/mol. The Hall–Kier alpha value is -1.81.